The minimum atomic E-state index is -0.954. The van der Waals surface area contributed by atoms with Gasteiger partial charge in [-0.2, -0.15) is 0 Å². The number of rotatable bonds is 19. The predicted molar refractivity (Wildman–Crippen MR) is 156 cm³/mol. The Bertz CT molecular complexity index is 520. The Kier molecular flexibility index (Phi) is 39.7. The van der Waals surface area contributed by atoms with Crippen LogP contribution in [0.4, 0.5) is 0 Å². The van der Waals surface area contributed by atoms with Crippen molar-refractivity contribution in [1.82, 2.24) is 0 Å². The molecule has 0 spiro atoms. The van der Waals surface area contributed by atoms with Crippen LogP contribution in [-0.2, 0) is 11.4 Å². The monoisotopic (exact) mass is 528 g/mol. The van der Waals surface area contributed by atoms with E-state index >= 15 is 0 Å². The molecule has 0 saturated carbocycles. The molecule has 1 rings (SSSR count). The standard InChI is InChI=1S/C18H36O2.C7H8O.C3H8O3.C3H8/c1-2-3-4-5-6-7-8-9-10-11-12-13-14-15-16-17-18(19)20;8-6-7-4-2-1-3-5-7;4-1-3(6)2-5;1-3-2/h2-17H2,1H3,(H,19,20);1-5,8H,6H2;3-6H,1-2H2;3H2,1-2H3. The Hall–Kier alpha value is -1.47. The van der Waals surface area contributed by atoms with Crippen molar-refractivity contribution in [3.05, 3.63) is 35.9 Å². The van der Waals surface area contributed by atoms with Gasteiger partial charge in [-0.3, -0.25) is 4.79 Å². The van der Waals surface area contributed by atoms with Crippen LogP contribution in [0.15, 0.2) is 30.3 Å². The Balaban J connectivity index is -0.000000549. The molecule has 0 aliphatic carbocycles. The van der Waals surface area contributed by atoms with Crippen LogP contribution in [-0.4, -0.2) is 50.8 Å². The normalized spacial score (nSPS) is 9.95. The van der Waals surface area contributed by atoms with Gasteiger partial charge in [-0.05, 0) is 12.0 Å². The van der Waals surface area contributed by atoms with Gasteiger partial charge in [0.2, 0.25) is 0 Å². The molecule has 220 valence electrons. The van der Waals surface area contributed by atoms with Gasteiger partial charge in [-0.1, -0.05) is 147 Å². The summed E-state index contributed by atoms with van der Waals surface area (Å²) in [7, 11) is 0. The number of unbranched alkanes of at least 4 members (excludes halogenated alkanes) is 14. The molecular weight excluding hydrogens is 468 g/mol. The van der Waals surface area contributed by atoms with Gasteiger partial charge in [0.1, 0.15) is 6.10 Å². The number of aliphatic hydroxyl groups excluding tert-OH is 4. The summed E-state index contributed by atoms with van der Waals surface area (Å²) in [6.45, 7) is 5.93. The van der Waals surface area contributed by atoms with Gasteiger partial charge < -0.3 is 25.5 Å². The summed E-state index contributed by atoms with van der Waals surface area (Å²) < 4.78 is 0. The first-order valence-corrected chi connectivity index (χ1v) is 14.7. The molecule has 0 bridgehead atoms. The van der Waals surface area contributed by atoms with Gasteiger partial charge in [-0.15, -0.1) is 0 Å². The number of benzene rings is 1. The molecule has 0 radical (unpaired) electrons. The number of carbonyl (C=O) groups is 1. The van der Waals surface area contributed by atoms with E-state index in [0.717, 1.165) is 18.4 Å². The molecule has 6 heteroatoms. The first-order chi connectivity index (χ1) is 17.9. The highest BCUT2D eigenvalue weighted by atomic mass is 16.4. The van der Waals surface area contributed by atoms with E-state index in [4.69, 9.17) is 25.5 Å². The van der Waals surface area contributed by atoms with Crippen LogP contribution in [0.3, 0.4) is 0 Å². The number of aliphatic hydroxyl groups is 4. The zero-order valence-corrected chi connectivity index (χ0v) is 24.3. The Labute approximate surface area is 228 Å². The summed E-state index contributed by atoms with van der Waals surface area (Å²) in [6, 6.07) is 9.52. The Morgan fingerprint density at radius 3 is 1.24 bits per heavy atom. The second kappa shape index (κ2) is 36.7. The highest BCUT2D eigenvalue weighted by Gasteiger charge is 1.97. The van der Waals surface area contributed by atoms with Crippen LogP contribution in [0.1, 0.15) is 135 Å². The summed E-state index contributed by atoms with van der Waals surface area (Å²) >= 11 is 0. The van der Waals surface area contributed by atoms with Gasteiger partial charge in [0.25, 0.3) is 0 Å². The lowest BCUT2D eigenvalue weighted by Crippen LogP contribution is -2.15. The zero-order valence-electron chi connectivity index (χ0n) is 24.3. The van der Waals surface area contributed by atoms with Gasteiger partial charge >= 0.3 is 5.97 Å². The van der Waals surface area contributed by atoms with Crippen LogP contribution in [0.5, 0.6) is 0 Å². The molecule has 1 aromatic rings. The van der Waals surface area contributed by atoms with E-state index in [0.29, 0.717) is 6.42 Å². The summed E-state index contributed by atoms with van der Waals surface area (Å²) in [6.07, 6.45) is 20.5. The molecule has 0 saturated heterocycles. The molecule has 0 aromatic heterocycles. The minimum Gasteiger partial charge on any atom is -0.481 e. The number of carboxylic acid groups (broad SMARTS) is 1. The van der Waals surface area contributed by atoms with Crippen LogP contribution in [0.2, 0.25) is 0 Å². The molecule has 1 aromatic carbocycles. The van der Waals surface area contributed by atoms with Crippen LogP contribution in [0, 0.1) is 0 Å². The van der Waals surface area contributed by atoms with Crippen LogP contribution < -0.4 is 0 Å². The molecule has 0 fully saturated rings. The maximum atomic E-state index is 10.3. The number of hydrogen-bond acceptors (Lipinski definition) is 5. The topological polar surface area (TPSA) is 118 Å². The first-order valence-electron chi connectivity index (χ1n) is 14.7. The van der Waals surface area contributed by atoms with Gasteiger partial charge in [0.15, 0.2) is 0 Å². The van der Waals surface area contributed by atoms with Crippen LogP contribution in [0.25, 0.3) is 0 Å². The quantitative estimate of drug-likeness (QED) is 0.121. The van der Waals surface area contributed by atoms with Crippen molar-refractivity contribution < 1.29 is 30.3 Å². The lowest BCUT2D eigenvalue weighted by molar-refractivity contribution is -0.137. The molecular formula is C31H60O6. The molecule has 0 heterocycles. The third-order valence-corrected chi connectivity index (χ3v) is 5.44. The maximum absolute atomic E-state index is 10.3. The second-order valence-corrected chi connectivity index (χ2v) is 9.46. The van der Waals surface area contributed by atoms with E-state index in [2.05, 4.69) is 20.8 Å². The second-order valence-electron chi connectivity index (χ2n) is 9.46. The van der Waals surface area contributed by atoms with E-state index in [9.17, 15) is 4.79 Å². The number of aliphatic carboxylic acids is 1. The largest absolute Gasteiger partial charge is 0.481 e. The Morgan fingerprint density at radius 2 is 1.00 bits per heavy atom. The van der Waals surface area contributed by atoms with Crippen molar-refractivity contribution >= 4 is 5.97 Å². The van der Waals surface area contributed by atoms with Crippen molar-refractivity contribution in [3.63, 3.8) is 0 Å². The van der Waals surface area contributed by atoms with Crippen LogP contribution >= 0.6 is 0 Å². The fourth-order valence-corrected chi connectivity index (χ4v) is 3.29. The lowest BCUT2D eigenvalue weighted by atomic mass is 10.0. The molecule has 0 aliphatic heterocycles. The Morgan fingerprint density at radius 1 is 0.649 bits per heavy atom. The maximum Gasteiger partial charge on any atom is 0.303 e. The fourth-order valence-electron chi connectivity index (χ4n) is 3.29. The third-order valence-electron chi connectivity index (χ3n) is 5.44. The van der Waals surface area contributed by atoms with Crippen molar-refractivity contribution in [3.8, 4) is 0 Å². The molecule has 0 unspecified atom stereocenters. The molecule has 6 nitrogen and oxygen atoms in total. The smallest absolute Gasteiger partial charge is 0.303 e. The fraction of sp³-hybridized carbons (Fsp3) is 0.774. The van der Waals surface area contributed by atoms with E-state index in [1.54, 1.807) is 0 Å². The number of carboxylic acids is 1. The zero-order chi connectivity index (χ0) is 28.4. The van der Waals surface area contributed by atoms with Gasteiger partial charge in [-0.25, -0.2) is 0 Å². The van der Waals surface area contributed by atoms with Gasteiger partial charge in [0, 0.05) is 6.42 Å². The molecule has 37 heavy (non-hydrogen) atoms. The van der Waals surface area contributed by atoms with Crippen molar-refractivity contribution in [2.45, 2.75) is 143 Å². The number of hydrogen-bond donors (Lipinski definition) is 5. The van der Waals surface area contributed by atoms with Crippen molar-refractivity contribution in [2.75, 3.05) is 13.2 Å². The summed E-state index contributed by atoms with van der Waals surface area (Å²) in [5, 5.41) is 41.1. The van der Waals surface area contributed by atoms with E-state index in [1.807, 2.05) is 30.3 Å². The highest BCUT2D eigenvalue weighted by Crippen LogP contribution is 2.13. The molecule has 0 amide bonds. The van der Waals surface area contributed by atoms with Crippen molar-refractivity contribution in [1.29, 1.82) is 0 Å². The molecule has 0 aliphatic rings. The summed E-state index contributed by atoms with van der Waals surface area (Å²) in [5.41, 5.74) is 0.965. The summed E-state index contributed by atoms with van der Waals surface area (Å²) in [4.78, 5) is 10.3. The minimum absolute atomic E-state index is 0.140. The average Bonchev–Trinajstić information content (AvgIpc) is 2.92. The van der Waals surface area contributed by atoms with E-state index in [1.165, 1.54) is 89.9 Å². The molecule has 0 atom stereocenters. The van der Waals surface area contributed by atoms with E-state index in [-0.39, 0.29) is 19.8 Å². The SMILES string of the molecule is CCC.CCCCCCCCCCCCCCCCCC(=O)O.OCC(O)CO.OCc1ccccc1. The average molecular weight is 529 g/mol. The van der Waals surface area contributed by atoms with Crippen molar-refractivity contribution in [2.24, 2.45) is 0 Å². The van der Waals surface area contributed by atoms with E-state index < -0.39 is 12.1 Å². The third kappa shape index (κ3) is 41.9. The van der Waals surface area contributed by atoms with Gasteiger partial charge in [0.05, 0.1) is 19.8 Å². The predicted octanol–water partition coefficient (Wildman–Crippen LogP) is 7.26. The highest BCUT2D eigenvalue weighted by molar-refractivity contribution is 5.66. The summed E-state index contributed by atoms with van der Waals surface area (Å²) in [5.74, 6) is -0.653. The first kappa shape index (κ1) is 40.0. The molecule has 5 N–H and O–H groups in total. The lowest BCUT2D eigenvalue weighted by Gasteiger charge is -2.03.